The second-order valence-corrected chi connectivity index (χ2v) is 4.93. The lowest BCUT2D eigenvalue weighted by atomic mass is 10.3. The van der Waals surface area contributed by atoms with Crippen LogP contribution in [0.5, 0.6) is 0 Å². The molecule has 1 aliphatic rings. The van der Waals surface area contributed by atoms with E-state index in [0.717, 1.165) is 18.3 Å². The molecule has 1 N–H and O–H groups in total. The van der Waals surface area contributed by atoms with Crippen LogP contribution in [-0.2, 0) is 0 Å². The van der Waals surface area contributed by atoms with E-state index in [0.29, 0.717) is 0 Å². The Morgan fingerprint density at radius 1 is 1.47 bits per heavy atom. The molecule has 15 heavy (non-hydrogen) atoms. The average molecular weight is 220 g/mol. The molecule has 0 saturated heterocycles. The third kappa shape index (κ3) is 4.06. The second-order valence-electron chi connectivity index (χ2n) is 3.88. The van der Waals surface area contributed by atoms with E-state index in [1.54, 1.807) is 0 Å². The Bertz CT molecular complexity index is 320. The molecule has 2 nitrogen and oxygen atoms in total. The Hall–Kier alpha value is -0.800. The molecule has 0 aliphatic heterocycles. The van der Waals surface area contributed by atoms with E-state index < -0.39 is 0 Å². The van der Waals surface area contributed by atoms with Gasteiger partial charge in [-0.2, -0.15) is 0 Å². The van der Waals surface area contributed by atoms with E-state index in [1.807, 2.05) is 36.3 Å². The van der Waals surface area contributed by atoms with Crippen LogP contribution in [0.4, 0.5) is 0 Å². The van der Waals surface area contributed by atoms with Crippen molar-refractivity contribution in [3.63, 3.8) is 0 Å². The smallest absolute Gasteiger partial charge is 0.0278 e. The van der Waals surface area contributed by atoms with Gasteiger partial charge in [0.15, 0.2) is 0 Å². The van der Waals surface area contributed by atoms with Gasteiger partial charge in [0, 0.05) is 35.6 Å². The Morgan fingerprint density at radius 3 is 2.87 bits per heavy atom. The predicted octanol–water partition coefficient (Wildman–Crippen LogP) is 2.48. The van der Waals surface area contributed by atoms with Gasteiger partial charge in [0.1, 0.15) is 0 Å². The molecule has 80 valence electrons. The summed E-state index contributed by atoms with van der Waals surface area (Å²) in [6.07, 6.45) is 6.33. The first kappa shape index (κ1) is 10.7. The zero-order chi connectivity index (χ0) is 10.5. The molecule has 0 unspecified atom stereocenters. The summed E-state index contributed by atoms with van der Waals surface area (Å²) in [5.41, 5.74) is 1.27. The highest BCUT2D eigenvalue weighted by atomic mass is 32.2. The van der Waals surface area contributed by atoms with Crippen LogP contribution < -0.4 is 5.32 Å². The molecule has 0 atom stereocenters. The first-order valence-electron chi connectivity index (χ1n) is 5.27. The van der Waals surface area contributed by atoms with Gasteiger partial charge in [-0.15, -0.1) is 11.8 Å². The van der Waals surface area contributed by atoms with E-state index in [-0.39, 0.29) is 0 Å². The number of rotatable bonds is 6. The van der Waals surface area contributed by atoms with E-state index in [4.69, 9.17) is 0 Å². The van der Waals surface area contributed by atoms with Crippen LogP contribution in [0.25, 0.3) is 0 Å². The van der Waals surface area contributed by atoms with Crippen molar-refractivity contribution in [2.24, 2.45) is 0 Å². The Balaban J connectivity index is 1.66. The van der Waals surface area contributed by atoms with Gasteiger partial charge in [-0.25, -0.2) is 0 Å². The van der Waals surface area contributed by atoms with Crippen molar-refractivity contribution >= 4 is 11.8 Å². The number of hydrogen-bond donors (Lipinski definition) is 1. The van der Waals surface area contributed by atoms with Crippen molar-refractivity contribution < 1.29 is 0 Å². The molecule has 3 heteroatoms. The number of hydrogen-bond acceptors (Lipinski definition) is 3. The molecule has 1 heterocycles. The first-order valence-corrected chi connectivity index (χ1v) is 6.26. The van der Waals surface area contributed by atoms with Crippen molar-refractivity contribution in [2.45, 2.75) is 23.8 Å². The number of thioether (sulfide) groups is 1. The van der Waals surface area contributed by atoms with Crippen LogP contribution >= 0.6 is 11.8 Å². The SMILES string of the molecule is C=C(CNC1CC1)CSc1ccncc1. The standard InChI is InChI=1S/C12H16N2S/c1-10(8-14-11-2-3-11)9-15-12-4-6-13-7-5-12/h4-7,11,14H,1-3,8-9H2. The summed E-state index contributed by atoms with van der Waals surface area (Å²) in [5, 5.41) is 3.47. The van der Waals surface area contributed by atoms with E-state index in [1.165, 1.54) is 23.3 Å². The number of nitrogens with one attached hydrogen (secondary N) is 1. The molecule has 1 saturated carbocycles. The van der Waals surface area contributed by atoms with Crippen molar-refractivity contribution in [2.75, 3.05) is 12.3 Å². The van der Waals surface area contributed by atoms with Crippen LogP contribution in [0.15, 0.2) is 41.6 Å². The fourth-order valence-corrected chi connectivity index (χ4v) is 2.03. The largest absolute Gasteiger partial charge is 0.310 e. The number of pyridine rings is 1. The van der Waals surface area contributed by atoms with Crippen molar-refractivity contribution in [3.05, 3.63) is 36.7 Å². The van der Waals surface area contributed by atoms with Crippen molar-refractivity contribution in [1.82, 2.24) is 10.3 Å². The Kier molecular flexibility index (Phi) is 3.80. The fraction of sp³-hybridized carbons (Fsp3) is 0.417. The topological polar surface area (TPSA) is 24.9 Å². The van der Waals surface area contributed by atoms with Gasteiger partial charge in [-0.3, -0.25) is 4.98 Å². The summed E-state index contributed by atoms with van der Waals surface area (Å²) in [4.78, 5) is 5.25. The molecular weight excluding hydrogens is 204 g/mol. The van der Waals surface area contributed by atoms with Gasteiger partial charge in [-0.05, 0) is 25.0 Å². The second kappa shape index (κ2) is 5.33. The highest BCUT2D eigenvalue weighted by Gasteiger charge is 2.19. The Labute approximate surface area is 95.2 Å². The van der Waals surface area contributed by atoms with Crippen LogP contribution in [-0.4, -0.2) is 23.3 Å². The maximum absolute atomic E-state index is 4.07. The van der Waals surface area contributed by atoms with Gasteiger partial charge in [0.05, 0.1) is 0 Å². The molecule has 1 fully saturated rings. The summed E-state index contributed by atoms with van der Waals surface area (Å²) in [5.74, 6) is 0.990. The maximum atomic E-state index is 4.07. The number of nitrogens with zero attached hydrogens (tertiary/aromatic N) is 1. The minimum absolute atomic E-state index is 0.771. The van der Waals surface area contributed by atoms with Gasteiger partial charge in [-0.1, -0.05) is 12.2 Å². The van der Waals surface area contributed by atoms with Crippen LogP contribution in [0.1, 0.15) is 12.8 Å². The molecule has 0 aromatic carbocycles. The van der Waals surface area contributed by atoms with Crippen LogP contribution in [0.3, 0.4) is 0 Å². The van der Waals surface area contributed by atoms with Gasteiger partial charge in [0.25, 0.3) is 0 Å². The predicted molar refractivity (Wildman–Crippen MR) is 65.1 cm³/mol. The highest BCUT2D eigenvalue weighted by molar-refractivity contribution is 7.99. The average Bonchev–Trinajstić information content (AvgIpc) is 3.09. The fourth-order valence-electron chi connectivity index (χ4n) is 1.25. The van der Waals surface area contributed by atoms with Gasteiger partial charge in [0.2, 0.25) is 0 Å². The summed E-state index contributed by atoms with van der Waals surface area (Å²) >= 11 is 1.82. The van der Waals surface area contributed by atoms with Crippen molar-refractivity contribution in [3.8, 4) is 0 Å². The summed E-state index contributed by atoms with van der Waals surface area (Å²) in [7, 11) is 0. The summed E-state index contributed by atoms with van der Waals surface area (Å²) < 4.78 is 0. The zero-order valence-electron chi connectivity index (χ0n) is 8.78. The molecule has 0 amide bonds. The van der Waals surface area contributed by atoms with E-state index >= 15 is 0 Å². The first-order chi connectivity index (χ1) is 7.34. The van der Waals surface area contributed by atoms with Gasteiger partial charge < -0.3 is 5.32 Å². The molecule has 2 rings (SSSR count). The molecular formula is C12H16N2S. The van der Waals surface area contributed by atoms with E-state index in [9.17, 15) is 0 Å². The molecule has 0 radical (unpaired) electrons. The lowest BCUT2D eigenvalue weighted by Crippen LogP contribution is -2.19. The van der Waals surface area contributed by atoms with Crippen molar-refractivity contribution in [1.29, 1.82) is 0 Å². The minimum atomic E-state index is 0.771. The highest BCUT2D eigenvalue weighted by Crippen LogP contribution is 2.21. The van der Waals surface area contributed by atoms with E-state index in [2.05, 4.69) is 16.9 Å². The molecule has 1 aromatic rings. The normalized spacial score (nSPS) is 15.2. The number of aromatic nitrogens is 1. The third-order valence-corrected chi connectivity index (χ3v) is 3.47. The summed E-state index contributed by atoms with van der Waals surface area (Å²) in [6, 6.07) is 4.84. The molecule has 0 bridgehead atoms. The molecule has 1 aliphatic carbocycles. The Morgan fingerprint density at radius 2 is 2.20 bits per heavy atom. The minimum Gasteiger partial charge on any atom is -0.310 e. The third-order valence-electron chi connectivity index (χ3n) is 2.31. The summed E-state index contributed by atoms with van der Waals surface area (Å²) in [6.45, 7) is 5.03. The lowest BCUT2D eigenvalue weighted by Gasteiger charge is -2.06. The molecule has 1 aromatic heterocycles. The lowest BCUT2D eigenvalue weighted by molar-refractivity contribution is 0.736. The zero-order valence-corrected chi connectivity index (χ0v) is 9.59. The quantitative estimate of drug-likeness (QED) is 0.589. The monoisotopic (exact) mass is 220 g/mol. The maximum Gasteiger partial charge on any atom is 0.0278 e. The van der Waals surface area contributed by atoms with Crippen LogP contribution in [0.2, 0.25) is 0 Å². The van der Waals surface area contributed by atoms with Gasteiger partial charge >= 0.3 is 0 Å². The van der Waals surface area contributed by atoms with Crippen LogP contribution in [0, 0.1) is 0 Å². The molecule has 0 spiro atoms.